The van der Waals surface area contributed by atoms with Gasteiger partial charge in [-0.25, -0.2) is 0 Å². The highest BCUT2D eigenvalue weighted by Gasteiger charge is 2.15. The monoisotopic (exact) mass is 302 g/mol. The number of nitrogens with two attached hydrogens (primary N) is 2. The minimum atomic E-state index is 0.577. The second kappa shape index (κ2) is 7.04. The lowest BCUT2D eigenvalue weighted by atomic mass is 9.94. The second-order valence-corrected chi connectivity index (χ2v) is 4.95. The van der Waals surface area contributed by atoms with Gasteiger partial charge >= 0.3 is 0 Å². The van der Waals surface area contributed by atoms with Crippen LogP contribution in [0, 0.1) is 0 Å². The van der Waals surface area contributed by atoms with Crippen LogP contribution < -0.4 is 20.9 Å². The summed E-state index contributed by atoms with van der Waals surface area (Å²) in [5.41, 5.74) is 16.2. The average molecular weight is 302 g/mol. The van der Waals surface area contributed by atoms with Crippen molar-refractivity contribution in [3.8, 4) is 22.6 Å². The molecule has 22 heavy (non-hydrogen) atoms. The first-order valence-electron chi connectivity index (χ1n) is 7.00. The molecule has 0 aliphatic carbocycles. The van der Waals surface area contributed by atoms with Crippen LogP contribution in [0.3, 0.4) is 0 Å². The highest BCUT2D eigenvalue weighted by molar-refractivity contribution is 5.81. The second-order valence-electron chi connectivity index (χ2n) is 4.95. The van der Waals surface area contributed by atoms with E-state index in [4.69, 9.17) is 25.7 Å². The number of nitrogen functional groups attached to an aromatic ring is 2. The van der Waals surface area contributed by atoms with Crippen LogP contribution in [0.15, 0.2) is 30.3 Å². The van der Waals surface area contributed by atoms with E-state index in [1.54, 1.807) is 27.4 Å². The Hall–Kier alpha value is -2.40. The minimum absolute atomic E-state index is 0.577. The van der Waals surface area contributed by atoms with E-state index in [1.807, 2.05) is 24.3 Å². The topological polar surface area (TPSA) is 79.7 Å². The molecule has 0 unspecified atom stereocenters. The molecule has 0 bridgehead atoms. The number of rotatable bonds is 6. The van der Waals surface area contributed by atoms with E-state index in [9.17, 15) is 0 Å². The Morgan fingerprint density at radius 3 is 2.32 bits per heavy atom. The Bertz CT molecular complexity index is 657. The van der Waals surface area contributed by atoms with Crippen molar-refractivity contribution in [1.82, 2.24) is 0 Å². The van der Waals surface area contributed by atoms with Gasteiger partial charge < -0.3 is 25.7 Å². The van der Waals surface area contributed by atoms with Crippen molar-refractivity contribution >= 4 is 11.4 Å². The van der Waals surface area contributed by atoms with Gasteiger partial charge in [0.15, 0.2) is 0 Å². The van der Waals surface area contributed by atoms with Crippen LogP contribution in [-0.2, 0) is 11.2 Å². The minimum Gasteiger partial charge on any atom is -0.497 e. The summed E-state index contributed by atoms with van der Waals surface area (Å²) >= 11 is 0. The normalized spacial score (nSPS) is 10.5. The van der Waals surface area contributed by atoms with Gasteiger partial charge in [0.2, 0.25) is 0 Å². The van der Waals surface area contributed by atoms with Crippen molar-refractivity contribution in [2.45, 2.75) is 6.42 Å². The maximum atomic E-state index is 6.15. The molecule has 5 heteroatoms. The van der Waals surface area contributed by atoms with Crippen LogP contribution in [0.25, 0.3) is 11.1 Å². The summed E-state index contributed by atoms with van der Waals surface area (Å²) in [4.78, 5) is 0. The molecule has 0 amide bonds. The highest BCUT2D eigenvalue weighted by atomic mass is 16.5. The van der Waals surface area contributed by atoms with E-state index in [1.165, 1.54) is 0 Å². The SMILES string of the molecule is COCCc1c(N)cc(N)cc1-c1cc(OC)ccc1OC. The maximum Gasteiger partial charge on any atom is 0.126 e. The first kappa shape index (κ1) is 16.0. The van der Waals surface area contributed by atoms with Crippen LogP contribution in [0.5, 0.6) is 11.5 Å². The molecule has 0 heterocycles. The molecule has 0 fully saturated rings. The fourth-order valence-electron chi connectivity index (χ4n) is 2.47. The maximum absolute atomic E-state index is 6.15. The molecule has 0 radical (unpaired) electrons. The Morgan fingerprint density at radius 1 is 0.909 bits per heavy atom. The molecule has 2 rings (SSSR count). The molecule has 0 aliphatic rings. The molecule has 0 saturated carbocycles. The van der Waals surface area contributed by atoms with Crippen molar-refractivity contribution in [1.29, 1.82) is 0 Å². The van der Waals surface area contributed by atoms with Crippen molar-refractivity contribution in [2.24, 2.45) is 0 Å². The highest BCUT2D eigenvalue weighted by Crippen LogP contribution is 2.38. The molecule has 0 spiro atoms. The molecule has 118 valence electrons. The van der Waals surface area contributed by atoms with Gasteiger partial charge in [-0.2, -0.15) is 0 Å². The van der Waals surface area contributed by atoms with E-state index in [2.05, 4.69) is 0 Å². The molecule has 2 aromatic carbocycles. The summed E-state index contributed by atoms with van der Waals surface area (Å²) in [7, 11) is 4.93. The van der Waals surface area contributed by atoms with Gasteiger partial charge in [0.25, 0.3) is 0 Å². The number of ether oxygens (including phenoxy) is 3. The first-order valence-corrected chi connectivity index (χ1v) is 7.00. The Morgan fingerprint density at radius 2 is 1.68 bits per heavy atom. The molecule has 0 atom stereocenters. The quantitative estimate of drug-likeness (QED) is 0.802. The van der Waals surface area contributed by atoms with Crippen LogP contribution >= 0.6 is 0 Å². The lowest BCUT2D eigenvalue weighted by molar-refractivity contribution is 0.202. The first-order chi connectivity index (χ1) is 10.6. The number of hydrogen-bond donors (Lipinski definition) is 2. The molecule has 4 N–H and O–H groups in total. The third kappa shape index (κ3) is 3.26. The van der Waals surface area contributed by atoms with Crippen LogP contribution in [0.1, 0.15) is 5.56 Å². The zero-order chi connectivity index (χ0) is 16.1. The molecule has 0 saturated heterocycles. The van der Waals surface area contributed by atoms with Crippen LogP contribution in [0.2, 0.25) is 0 Å². The molecular weight excluding hydrogens is 280 g/mol. The number of hydrogen-bond acceptors (Lipinski definition) is 5. The fraction of sp³-hybridized carbons (Fsp3) is 0.294. The van der Waals surface area contributed by atoms with E-state index < -0.39 is 0 Å². The lowest BCUT2D eigenvalue weighted by Crippen LogP contribution is -2.04. The van der Waals surface area contributed by atoms with Crippen molar-refractivity contribution in [3.63, 3.8) is 0 Å². The lowest BCUT2D eigenvalue weighted by Gasteiger charge is -2.17. The molecule has 5 nitrogen and oxygen atoms in total. The van der Waals surface area contributed by atoms with Gasteiger partial charge in [0.1, 0.15) is 11.5 Å². The largest absolute Gasteiger partial charge is 0.497 e. The molecule has 0 aromatic heterocycles. The van der Waals surface area contributed by atoms with Gasteiger partial charge in [0, 0.05) is 24.0 Å². The predicted octanol–water partition coefficient (Wildman–Crippen LogP) is 2.72. The van der Waals surface area contributed by atoms with Crippen LogP contribution in [0.4, 0.5) is 11.4 Å². The average Bonchev–Trinajstić information content (AvgIpc) is 2.52. The Balaban J connectivity index is 2.64. The van der Waals surface area contributed by atoms with E-state index in [-0.39, 0.29) is 0 Å². The number of methoxy groups -OCH3 is 3. The van der Waals surface area contributed by atoms with Gasteiger partial charge in [-0.3, -0.25) is 0 Å². The zero-order valence-corrected chi connectivity index (χ0v) is 13.2. The zero-order valence-electron chi connectivity index (χ0n) is 13.2. The third-order valence-electron chi connectivity index (χ3n) is 3.56. The number of anilines is 2. The Kier molecular flexibility index (Phi) is 5.12. The van der Waals surface area contributed by atoms with Gasteiger partial charge in [-0.1, -0.05) is 0 Å². The van der Waals surface area contributed by atoms with Gasteiger partial charge in [-0.15, -0.1) is 0 Å². The Labute approximate surface area is 130 Å². The van der Waals surface area contributed by atoms with E-state index in [0.29, 0.717) is 24.4 Å². The molecular formula is C17H22N2O3. The summed E-state index contributed by atoms with van der Waals surface area (Å²) in [6.07, 6.45) is 0.693. The molecule has 0 aliphatic heterocycles. The van der Waals surface area contributed by atoms with Crippen molar-refractivity contribution < 1.29 is 14.2 Å². The van der Waals surface area contributed by atoms with E-state index in [0.717, 1.165) is 28.2 Å². The standard InChI is InChI=1S/C17H22N2O3/c1-20-7-6-13-14(8-11(18)9-16(13)19)15-10-12(21-2)4-5-17(15)22-3/h4-5,8-10H,6-7,18-19H2,1-3H3. The summed E-state index contributed by atoms with van der Waals surface area (Å²) < 4.78 is 16.0. The van der Waals surface area contributed by atoms with E-state index >= 15 is 0 Å². The third-order valence-corrected chi connectivity index (χ3v) is 3.56. The van der Waals surface area contributed by atoms with Gasteiger partial charge in [-0.05, 0) is 47.9 Å². The fourth-order valence-corrected chi connectivity index (χ4v) is 2.47. The summed E-state index contributed by atoms with van der Waals surface area (Å²) in [5.74, 6) is 1.49. The number of benzene rings is 2. The predicted molar refractivity (Wildman–Crippen MR) is 89.4 cm³/mol. The van der Waals surface area contributed by atoms with Crippen molar-refractivity contribution in [3.05, 3.63) is 35.9 Å². The summed E-state index contributed by atoms with van der Waals surface area (Å²) in [6.45, 7) is 0.577. The van der Waals surface area contributed by atoms with Crippen molar-refractivity contribution in [2.75, 3.05) is 39.4 Å². The van der Waals surface area contributed by atoms with Crippen LogP contribution in [-0.4, -0.2) is 27.9 Å². The van der Waals surface area contributed by atoms with Gasteiger partial charge in [0.05, 0.1) is 20.8 Å². The molecule has 2 aromatic rings. The summed E-state index contributed by atoms with van der Waals surface area (Å²) in [6, 6.07) is 9.31. The smallest absolute Gasteiger partial charge is 0.126 e. The summed E-state index contributed by atoms with van der Waals surface area (Å²) in [5, 5.41) is 0.